The van der Waals surface area contributed by atoms with Crippen molar-refractivity contribution >= 4 is 18.1 Å². The molecule has 0 aliphatic carbocycles. The summed E-state index contributed by atoms with van der Waals surface area (Å²) in [5.74, 6) is -0.0151. The van der Waals surface area contributed by atoms with Gasteiger partial charge in [0.1, 0.15) is 13.2 Å². The molecule has 0 spiro atoms. The fourth-order valence-corrected chi connectivity index (χ4v) is 3.80. The Labute approximate surface area is 153 Å². The first kappa shape index (κ1) is 18.8. The molecule has 0 radical (unpaired) electrons. The van der Waals surface area contributed by atoms with E-state index < -0.39 is 6.09 Å². The second kappa shape index (κ2) is 8.57. The monoisotopic (exact) mass is 368 g/mol. The smallest absolute Gasteiger partial charge is 0.410 e. The van der Waals surface area contributed by atoms with E-state index in [1.54, 1.807) is 4.90 Å². The van der Waals surface area contributed by atoms with Crippen molar-refractivity contribution in [3.63, 3.8) is 0 Å². The molecule has 0 aromatic heterocycles. The lowest BCUT2D eigenvalue weighted by Gasteiger charge is -2.43. The molecule has 0 bridgehead atoms. The van der Waals surface area contributed by atoms with Crippen LogP contribution in [0, 0.1) is 0 Å². The van der Waals surface area contributed by atoms with Crippen molar-refractivity contribution in [1.82, 2.24) is 19.6 Å². The molecule has 3 aliphatic rings. The maximum absolute atomic E-state index is 12.5. The van der Waals surface area contributed by atoms with E-state index in [0.717, 1.165) is 32.5 Å². The first-order chi connectivity index (χ1) is 12.6. The molecule has 146 valence electrons. The van der Waals surface area contributed by atoms with Crippen LogP contribution in [0.15, 0.2) is 0 Å². The second-order valence-corrected chi connectivity index (χ2v) is 6.89. The summed E-state index contributed by atoms with van der Waals surface area (Å²) in [5.41, 5.74) is 0. The van der Waals surface area contributed by atoms with E-state index in [-0.39, 0.29) is 18.5 Å². The highest BCUT2D eigenvalue weighted by Crippen LogP contribution is 2.19. The van der Waals surface area contributed by atoms with E-state index in [0.29, 0.717) is 45.4 Å². The Kier molecular flexibility index (Phi) is 6.18. The van der Waals surface area contributed by atoms with Crippen LogP contribution in [-0.4, -0.2) is 109 Å². The van der Waals surface area contributed by atoms with Gasteiger partial charge in [0, 0.05) is 45.3 Å². The van der Waals surface area contributed by atoms with Gasteiger partial charge in [-0.15, -0.1) is 0 Å². The highest BCUT2D eigenvalue weighted by molar-refractivity contribution is 5.83. The topological polar surface area (TPSA) is 82.6 Å². The lowest BCUT2D eigenvalue weighted by molar-refractivity contribution is -0.134. The van der Waals surface area contributed by atoms with Crippen molar-refractivity contribution in [2.75, 3.05) is 65.6 Å². The van der Waals surface area contributed by atoms with E-state index in [1.165, 1.54) is 4.90 Å². The summed E-state index contributed by atoms with van der Waals surface area (Å²) in [4.78, 5) is 43.3. The van der Waals surface area contributed by atoms with Crippen LogP contribution < -0.4 is 0 Å². The van der Waals surface area contributed by atoms with E-state index in [2.05, 4.69) is 4.90 Å². The Morgan fingerprint density at radius 3 is 2.54 bits per heavy atom. The number of likely N-dealkylation sites (tertiary alicyclic amines) is 1. The number of amides is 3. The molecule has 9 nitrogen and oxygen atoms in total. The maximum atomic E-state index is 12.5. The van der Waals surface area contributed by atoms with Crippen molar-refractivity contribution < 1.29 is 23.9 Å². The third-order valence-corrected chi connectivity index (χ3v) is 5.28. The SMILES string of the molecule is CCOC(=O)N1CCN([C@H]2CCCN(C(=O)CN3CCOC3=O)C2)CC1. The van der Waals surface area contributed by atoms with Crippen molar-refractivity contribution in [2.45, 2.75) is 25.8 Å². The van der Waals surface area contributed by atoms with Gasteiger partial charge in [0.2, 0.25) is 5.91 Å². The lowest BCUT2D eigenvalue weighted by Crippen LogP contribution is -2.57. The van der Waals surface area contributed by atoms with Crippen molar-refractivity contribution in [3.05, 3.63) is 0 Å². The van der Waals surface area contributed by atoms with Crippen LogP contribution in [0.4, 0.5) is 9.59 Å². The van der Waals surface area contributed by atoms with Gasteiger partial charge in [-0.1, -0.05) is 0 Å². The van der Waals surface area contributed by atoms with Gasteiger partial charge in [-0.25, -0.2) is 9.59 Å². The van der Waals surface area contributed by atoms with Crippen LogP contribution in [0.3, 0.4) is 0 Å². The molecule has 3 fully saturated rings. The molecule has 3 aliphatic heterocycles. The lowest BCUT2D eigenvalue weighted by atomic mass is 10.0. The maximum Gasteiger partial charge on any atom is 0.410 e. The molecular weight excluding hydrogens is 340 g/mol. The highest BCUT2D eigenvalue weighted by atomic mass is 16.6. The third kappa shape index (κ3) is 4.38. The van der Waals surface area contributed by atoms with Crippen LogP contribution in [-0.2, 0) is 14.3 Å². The summed E-state index contributed by atoms with van der Waals surface area (Å²) in [5, 5.41) is 0. The van der Waals surface area contributed by atoms with Crippen LogP contribution in [0.2, 0.25) is 0 Å². The first-order valence-corrected chi connectivity index (χ1v) is 9.43. The number of hydrogen-bond acceptors (Lipinski definition) is 6. The summed E-state index contributed by atoms with van der Waals surface area (Å²) in [6.07, 6.45) is 1.36. The minimum atomic E-state index is -0.401. The van der Waals surface area contributed by atoms with Crippen molar-refractivity contribution in [2.24, 2.45) is 0 Å². The van der Waals surface area contributed by atoms with Gasteiger partial charge < -0.3 is 19.3 Å². The average Bonchev–Trinajstić information content (AvgIpc) is 3.07. The number of piperazine rings is 1. The van der Waals surface area contributed by atoms with Gasteiger partial charge in [0.25, 0.3) is 0 Å². The fraction of sp³-hybridized carbons (Fsp3) is 0.824. The highest BCUT2D eigenvalue weighted by Gasteiger charge is 2.33. The number of ether oxygens (including phenoxy) is 2. The fourth-order valence-electron chi connectivity index (χ4n) is 3.80. The minimum absolute atomic E-state index is 0.0151. The summed E-state index contributed by atoms with van der Waals surface area (Å²) >= 11 is 0. The molecule has 0 saturated carbocycles. The Morgan fingerprint density at radius 2 is 1.88 bits per heavy atom. The van der Waals surface area contributed by atoms with Gasteiger partial charge >= 0.3 is 12.2 Å². The molecule has 1 atom stereocenters. The Balaban J connectivity index is 1.47. The summed E-state index contributed by atoms with van der Waals surface area (Å²) in [7, 11) is 0. The second-order valence-electron chi connectivity index (χ2n) is 6.89. The minimum Gasteiger partial charge on any atom is -0.450 e. The van der Waals surface area contributed by atoms with E-state index in [1.807, 2.05) is 11.8 Å². The molecule has 0 N–H and O–H groups in total. The van der Waals surface area contributed by atoms with E-state index >= 15 is 0 Å². The molecule has 0 unspecified atom stereocenters. The van der Waals surface area contributed by atoms with Crippen molar-refractivity contribution in [3.8, 4) is 0 Å². The molecule has 0 aromatic rings. The number of carbonyl (C=O) groups is 3. The van der Waals surface area contributed by atoms with Crippen LogP contribution in [0.25, 0.3) is 0 Å². The zero-order valence-corrected chi connectivity index (χ0v) is 15.4. The van der Waals surface area contributed by atoms with Gasteiger partial charge in [0.05, 0.1) is 13.2 Å². The number of nitrogens with zero attached hydrogens (tertiary/aromatic N) is 4. The first-order valence-electron chi connectivity index (χ1n) is 9.43. The molecule has 0 aromatic carbocycles. The zero-order chi connectivity index (χ0) is 18.5. The summed E-state index contributed by atoms with van der Waals surface area (Å²) in [6.45, 7) is 7.47. The normalized spacial score (nSPS) is 24.6. The third-order valence-electron chi connectivity index (χ3n) is 5.28. The quantitative estimate of drug-likeness (QED) is 0.705. The molecule has 9 heteroatoms. The number of rotatable bonds is 4. The average molecular weight is 368 g/mol. The predicted octanol–water partition coefficient (Wildman–Crippen LogP) is 0.204. The summed E-state index contributed by atoms with van der Waals surface area (Å²) < 4.78 is 9.94. The van der Waals surface area contributed by atoms with Gasteiger partial charge in [-0.05, 0) is 19.8 Å². The molecule has 3 amide bonds. The Hall–Kier alpha value is -2.03. The predicted molar refractivity (Wildman–Crippen MR) is 92.7 cm³/mol. The van der Waals surface area contributed by atoms with Crippen molar-refractivity contribution in [1.29, 1.82) is 0 Å². The molecule has 26 heavy (non-hydrogen) atoms. The molecule has 3 heterocycles. The number of piperidine rings is 1. The van der Waals surface area contributed by atoms with Gasteiger partial charge in [0.15, 0.2) is 0 Å². The number of hydrogen-bond donors (Lipinski definition) is 0. The van der Waals surface area contributed by atoms with Gasteiger partial charge in [-0.2, -0.15) is 0 Å². The summed E-state index contributed by atoms with van der Waals surface area (Å²) in [6, 6.07) is 0.308. The molecule has 3 rings (SSSR count). The number of carbonyl (C=O) groups excluding carboxylic acids is 3. The standard InChI is InChI=1S/C17H28N4O5/c1-2-25-16(23)19-8-6-18(7-9-19)14-4-3-5-20(12-14)15(22)13-21-10-11-26-17(21)24/h14H,2-13H2,1H3/t14-/m0/s1. The number of cyclic esters (lactones) is 1. The Bertz CT molecular complexity index is 535. The van der Waals surface area contributed by atoms with Crippen LogP contribution >= 0.6 is 0 Å². The molecule has 3 saturated heterocycles. The van der Waals surface area contributed by atoms with E-state index in [4.69, 9.17) is 9.47 Å². The van der Waals surface area contributed by atoms with Crippen LogP contribution in [0.1, 0.15) is 19.8 Å². The Morgan fingerprint density at radius 1 is 1.12 bits per heavy atom. The van der Waals surface area contributed by atoms with Crippen LogP contribution in [0.5, 0.6) is 0 Å². The zero-order valence-electron chi connectivity index (χ0n) is 15.4. The van der Waals surface area contributed by atoms with E-state index in [9.17, 15) is 14.4 Å². The largest absolute Gasteiger partial charge is 0.450 e. The van der Waals surface area contributed by atoms with Gasteiger partial charge in [-0.3, -0.25) is 14.6 Å². The molecular formula is C17H28N4O5.